The molecule has 0 saturated carbocycles. The summed E-state index contributed by atoms with van der Waals surface area (Å²) in [7, 11) is -3.62. The minimum Gasteiger partial charge on any atom is -0.490 e. The molecule has 1 atom stereocenters. The van der Waals surface area contributed by atoms with Gasteiger partial charge in [0.2, 0.25) is 0 Å². The second-order valence-corrected chi connectivity index (χ2v) is 8.76. The molecule has 7 nitrogen and oxygen atoms in total. The van der Waals surface area contributed by atoms with Crippen LogP contribution in [-0.4, -0.2) is 44.5 Å². The van der Waals surface area contributed by atoms with Gasteiger partial charge < -0.3 is 15.2 Å². The fraction of sp³-hybridized carbons (Fsp3) is 0.381. The number of nitrogens with zero attached hydrogens (tertiary/aromatic N) is 1. The van der Waals surface area contributed by atoms with Gasteiger partial charge in [-0.1, -0.05) is 56.3 Å². The SMILES string of the molecule is CC(=NNS(=O)(=O)Cc1ccccc1)c1ccccc1OCC(O)CNC(C)C. The van der Waals surface area contributed by atoms with Gasteiger partial charge in [-0.2, -0.15) is 5.10 Å². The van der Waals surface area contributed by atoms with Crippen LogP contribution < -0.4 is 14.9 Å². The Hall–Kier alpha value is -2.42. The van der Waals surface area contributed by atoms with Crippen LogP contribution in [0.2, 0.25) is 0 Å². The molecule has 0 aliphatic rings. The van der Waals surface area contributed by atoms with Crippen LogP contribution in [-0.2, 0) is 15.8 Å². The summed E-state index contributed by atoms with van der Waals surface area (Å²) in [6.07, 6.45) is -0.660. The van der Waals surface area contributed by atoms with E-state index < -0.39 is 16.1 Å². The molecule has 0 aliphatic heterocycles. The van der Waals surface area contributed by atoms with Crippen molar-refractivity contribution in [2.75, 3.05) is 13.2 Å². The molecule has 2 aromatic carbocycles. The van der Waals surface area contributed by atoms with Crippen LogP contribution in [0.15, 0.2) is 59.7 Å². The summed E-state index contributed by atoms with van der Waals surface area (Å²) in [5.74, 6) is 0.372. The molecule has 0 aliphatic carbocycles. The third kappa shape index (κ3) is 8.23. The van der Waals surface area contributed by atoms with Gasteiger partial charge in [0.15, 0.2) is 0 Å². The van der Waals surface area contributed by atoms with Crippen molar-refractivity contribution in [3.05, 3.63) is 65.7 Å². The number of nitrogens with one attached hydrogen (secondary N) is 2. The number of aliphatic hydroxyl groups excluding tert-OH is 1. The molecule has 8 heteroatoms. The average Bonchev–Trinajstić information content (AvgIpc) is 2.69. The second kappa shape index (κ2) is 10.9. The maximum atomic E-state index is 12.3. The molecule has 3 N–H and O–H groups in total. The van der Waals surface area contributed by atoms with Crippen LogP contribution in [0, 0.1) is 0 Å². The number of benzene rings is 2. The van der Waals surface area contributed by atoms with Crippen molar-refractivity contribution in [2.24, 2.45) is 5.10 Å². The van der Waals surface area contributed by atoms with E-state index in [1.807, 2.05) is 32.0 Å². The molecule has 0 aromatic heterocycles. The van der Waals surface area contributed by atoms with Gasteiger partial charge in [-0.05, 0) is 24.6 Å². The predicted molar refractivity (Wildman–Crippen MR) is 115 cm³/mol. The lowest BCUT2D eigenvalue weighted by Gasteiger charge is -2.16. The van der Waals surface area contributed by atoms with E-state index in [4.69, 9.17) is 4.74 Å². The largest absolute Gasteiger partial charge is 0.490 e. The van der Waals surface area contributed by atoms with E-state index in [0.717, 1.165) is 0 Å². The van der Waals surface area contributed by atoms with E-state index in [2.05, 4.69) is 15.2 Å². The van der Waals surface area contributed by atoms with E-state index in [1.165, 1.54) is 0 Å². The highest BCUT2D eigenvalue weighted by Gasteiger charge is 2.13. The molecule has 0 radical (unpaired) electrons. The van der Waals surface area contributed by atoms with Gasteiger partial charge in [-0.25, -0.2) is 13.2 Å². The lowest BCUT2D eigenvalue weighted by molar-refractivity contribution is 0.104. The molecule has 29 heavy (non-hydrogen) atoms. The molecule has 0 bridgehead atoms. The molecule has 158 valence electrons. The Morgan fingerprint density at radius 2 is 1.76 bits per heavy atom. The molecule has 2 aromatic rings. The third-order valence-electron chi connectivity index (χ3n) is 4.02. The van der Waals surface area contributed by atoms with Crippen molar-refractivity contribution in [3.63, 3.8) is 0 Å². The van der Waals surface area contributed by atoms with Crippen LogP contribution in [0.3, 0.4) is 0 Å². The molecule has 1 unspecified atom stereocenters. The van der Waals surface area contributed by atoms with Crippen LogP contribution in [0.4, 0.5) is 0 Å². The smallest absolute Gasteiger partial charge is 0.251 e. The first-order chi connectivity index (χ1) is 13.8. The summed E-state index contributed by atoms with van der Waals surface area (Å²) in [5, 5.41) is 17.2. The monoisotopic (exact) mass is 419 g/mol. The number of hydrazone groups is 1. The number of sulfonamides is 1. The first-order valence-corrected chi connectivity index (χ1v) is 11.1. The lowest BCUT2D eigenvalue weighted by atomic mass is 10.1. The van der Waals surface area contributed by atoms with E-state index in [1.54, 1.807) is 43.3 Å². The van der Waals surface area contributed by atoms with E-state index in [-0.39, 0.29) is 18.4 Å². The lowest BCUT2D eigenvalue weighted by Crippen LogP contribution is -2.35. The van der Waals surface area contributed by atoms with Crippen molar-refractivity contribution < 1.29 is 18.3 Å². The van der Waals surface area contributed by atoms with Crippen LogP contribution in [0.5, 0.6) is 5.75 Å². The summed E-state index contributed by atoms with van der Waals surface area (Å²) >= 11 is 0. The zero-order valence-corrected chi connectivity index (χ0v) is 17.8. The van der Waals surface area contributed by atoms with Crippen molar-refractivity contribution >= 4 is 15.7 Å². The van der Waals surface area contributed by atoms with Gasteiger partial charge in [0, 0.05) is 18.2 Å². The zero-order valence-electron chi connectivity index (χ0n) is 17.0. The standard InChI is InChI=1S/C21H29N3O4S/c1-16(2)22-13-19(25)14-28-21-12-8-7-11-20(21)17(3)23-24-29(26,27)15-18-9-5-4-6-10-18/h4-12,16,19,22,24-25H,13-15H2,1-3H3. The topological polar surface area (TPSA) is 100 Å². The highest BCUT2D eigenvalue weighted by atomic mass is 32.2. The summed E-state index contributed by atoms with van der Waals surface area (Å²) in [6.45, 7) is 6.24. The number of hydrogen-bond donors (Lipinski definition) is 3. The molecular formula is C21H29N3O4S. The van der Waals surface area contributed by atoms with Crippen molar-refractivity contribution in [1.29, 1.82) is 0 Å². The first-order valence-electron chi connectivity index (χ1n) is 9.48. The van der Waals surface area contributed by atoms with Gasteiger partial charge in [-0.15, -0.1) is 0 Å². The van der Waals surface area contributed by atoms with Gasteiger partial charge in [0.1, 0.15) is 18.5 Å². The maximum Gasteiger partial charge on any atom is 0.251 e. The van der Waals surface area contributed by atoms with E-state index >= 15 is 0 Å². The Balaban J connectivity index is 2.02. The van der Waals surface area contributed by atoms with Gasteiger partial charge in [-0.3, -0.25) is 0 Å². The molecule has 2 rings (SSSR count). The predicted octanol–water partition coefficient (Wildman–Crippen LogP) is 2.27. The van der Waals surface area contributed by atoms with Crippen LogP contribution in [0.25, 0.3) is 0 Å². The van der Waals surface area contributed by atoms with Gasteiger partial charge >= 0.3 is 0 Å². The normalized spacial score (nSPS) is 13.3. The Bertz CT molecular complexity index is 899. The number of ether oxygens (including phenoxy) is 1. The molecular weight excluding hydrogens is 390 g/mol. The average molecular weight is 420 g/mol. The molecule has 0 saturated heterocycles. The second-order valence-electron chi connectivity index (χ2n) is 7.06. The fourth-order valence-corrected chi connectivity index (χ4v) is 3.50. The van der Waals surface area contributed by atoms with Crippen molar-refractivity contribution in [2.45, 2.75) is 38.7 Å². The number of para-hydroxylation sites is 1. The zero-order chi connectivity index (χ0) is 21.3. The van der Waals surface area contributed by atoms with Gasteiger partial charge in [0.05, 0.1) is 11.5 Å². The minimum absolute atomic E-state index is 0.115. The molecule has 0 amide bonds. The van der Waals surface area contributed by atoms with Crippen LogP contribution in [0.1, 0.15) is 31.9 Å². The minimum atomic E-state index is -3.62. The highest BCUT2D eigenvalue weighted by molar-refractivity contribution is 7.88. The highest BCUT2D eigenvalue weighted by Crippen LogP contribution is 2.19. The molecule has 0 heterocycles. The summed E-state index contributed by atoms with van der Waals surface area (Å²) in [6, 6.07) is 16.4. The fourth-order valence-electron chi connectivity index (χ4n) is 2.53. The Morgan fingerprint density at radius 3 is 2.45 bits per heavy atom. The number of aliphatic hydroxyl groups is 1. The Kier molecular flexibility index (Phi) is 8.63. The van der Waals surface area contributed by atoms with Crippen molar-refractivity contribution in [1.82, 2.24) is 10.1 Å². The summed E-state index contributed by atoms with van der Waals surface area (Å²) in [5.41, 5.74) is 1.80. The van der Waals surface area contributed by atoms with E-state index in [0.29, 0.717) is 29.1 Å². The summed E-state index contributed by atoms with van der Waals surface area (Å²) in [4.78, 5) is 2.28. The first kappa shape index (κ1) is 22.9. The van der Waals surface area contributed by atoms with Crippen molar-refractivity contribution in [3.8, 4) is 5.75 Å². The van der Waals surface area contributed by atoms with E-state index in [9.17, 15) is 13.5 Å². The Labute approximate surface area is 172 Å². The Morgan fingerprint density at radius 1 is 1.10 bits per heavy atom. The quantitative estimate of drug-likeness (QED) is 0.383. The maximum absolute atomic E-state index is 12.3. The summed E-state index contributed by atoms with van der Waals surface area (Å²) < 4.78 is 30.3. The third-order valence-corrected chi connectivity index (χ3v) is 5.10. The molecule has 0 fully saturated rings. The van der Waals surface area contributed by atoms with Crippen LogP contribution >= 0.6 is 0 Å². The number of rotatable bonds is 11. The van der Waals surface area contributed by atoms with Gasteiger partial charge in [0.25, 0.3) is 10.0 Å². The molecule has 0 spiro atoms. The number of hydrogen-bond acceptors (Lipinski definition) is 6.